The van der Waals surface area contributed by atoms with E-state index >= 15 is 0 Å². The maximum Gasteiger partial charge on any atom is 0.343 e. The van der Waals surface area contributed by atoms with Crippen molar-refractivity contribution >= 4 is 5.97 Å². The highest BCUT2D eigenvalue weighted by atomic mass is 16.7. The molecule has 0 N–H and O–H groups in total. The molecule has 0 amide bonds. The van der Waals surface area contributed by atoms with E-state index in [-0.39, 0.29) is 17.9 Å². The number of carbonyl (C=O) groups excluding carboxylic acids is 1. The molecule has 2 aromatic heterocycles. The smallest absolute Gasteiger partial charge is 0.343 e. The standard InChI is InChI=1S/C26H20N2O5/c1-3-30-24(29)22-16(2)32-28-23(22)26-18-11-5-4-10-17(18)25(33-26,21-14-8-9-15-27-21)19-12-6-7-13-20(19)31-26/h4-15H,3H2,1-2H3/t25-,26-/m1/s1. The van der Waals surface area contributed by atoms with Crippen molar-refractivity contribution in [1.82, 2.24) is 10.1 Å². The van der Waals surface area contributed by atoms with Gasteiger partial charge in [0.1, 0.15) is 17.1 Å². The number of pyridine rings is 1. The molecular formula is C26H20N2O5. The highest BCUT2D eigenvalue weighted by Crippen LogP contribution is 2.61. The zero-order valence-electron chi connectivity index (χ0n) is 18.1. The van der Waals surface area contributed by atoms with Crippen LogP contribution in [0.1, 0.15) is 51.1 Å². The Morgan fingerprint density at radius 1 is 0.970 bits per heavy atom. The van der Waals surface area contributed by atoms with Crippen LogP contribution in [0.2, 0.25) is 0 Å². The zero-order chi connectivity index (χ0) is 22.6. The first-order valence-electron chi connectivity index (χ1n) is 10.8. The zero-order valence-corrected chi connectivity index (χ0v) is 18.1. The molecule has 4 heterocycles. The molecule has 7 heteroatoms. The summed E-state index contributed by atoms with van der Waals surface area (Å²) in [7, 11) is 0. The summed E-state index contributed by atoms with van der Waals surface area (Å²) in [5.41, 5.74) is 2.47. The molecule has 2 aromatic carbocycles. The van der Waals surface area contributed by atoms with Crippen LogP contribution in [0.3, 0.4) is 0 Å². The molecule has 0 saturated heterocycles. The molecule has 7 nitrogen and oxygen atoms in total. The van der Waals surface area contributed by atoms with Gasteiger partial charge in [0.25, 0.3) is 5.79 Å². The number of para-hydroxylation sites is 1. The van der Waals surface area contributed by atoms with Crippen LogP contribution in [0, 0.1) is 6.92 Å². The molecule has 2 aliphatic heterocycles. The van der Waals surface area contributed by atoms with E-state index in [0.29, 0.717) is 17.2 Å². The average Bonchev–Trinajstić information content (AvgIpc) is 3.36. The second-order valence-corrected chi connectivity index (χ2v) is 7.94. The van der Waals surface area contributed by atoms with Crippen LogP contribution in [0.25, 0.3) is 0 Å². The van der Waals surface area contributed by atoms with Gasteiger partial charge < -0.3 is 18.7 Å². The Bertz CT molecular complexity index is 1380. The number of hydrogen-bond donors (Lipinski definition) is 0. The van der Waals surface area contributed by atoms with Gasteiger partial charge in [0.05, 0.1) is 12.3 Å². The van der Waals surface area contributed by atoms with Crippen molar-refractivity contribution in [3.8, 4) is 5.75 Å². The summed E-state index contributed by atoms with van der Waals surface area (Å²) in [5, 5.41) is 4.26. The van der Waals surface area contributed by atoms with Crippen molar-refractivity contribution in [2.24, 2.45) is 0 Å². The van der Waals surface area contributed by atoms with E-state index < -0.39 is 17.4 Å². The van der Waals surface area contributed by atoms with E-state index in [4.69, 9.17) is 18.7 Å². The topological polar surface area (TPSA) is 83.7 Å². The minimum absolute atomic E-state index is 0.197. The van der Waals surface area contributed by atoms with Crippen molar-refractivity contribution in [1.29, 1.82) is 0 Å². The van der Waals surface area contributed by atoms with Gasteiger partial charge in [-0.3, -0.25) is 4.98 Å². The predicted molar refractivity (Wildman–Crippen MR) is 117 cm³/mol. The fourth-order valence-electron chi connectivity index (χ4n) is 4.84. The summed E-state index contributed by atoms with van der Waals surface area (Å²) in [4.78, 5) is 17.6. The van der Waals surface area contributed by atoms with Crippen LogP contribution in [-0.2, 0) is 20.9 Å². The van der Waals surface area contributed by atoms with E-state index in [1.165, 1.54) is 0 Å². The van der Waals surface area contributed by atoms with Crippen molar-refractivity contribution in [3.05, 3.63) is 112 Å². The number of hydrogen-bond acceptors (Lipinski definition) is 7. The highest BCUT2D eigenvalue weighted by molar-refractivity contribution is 5.92. The van der Waals surface area contributed by atoms with Gasteiger partial charge in [-0.05, 0) is 32.0 Å². The van der Waals surface area contributed by atoms with Crippen molar-refractivity contribution in [3.63, 3.8) is 0 Å². The van der Waals surface area contributed by atoms with Gasteiger partial charge in [-0.1, -0.05) is 53.7 Å². The second-order valence-electron chi connectivity index (χ2n) is 7.94. The molecule has 33 heavy (non-hydrogen) atoms. The molecular weight excluding hydrogens is 420 g/mol. The lowest BCUT2D eigenvalue weighted by Gasteiger charge is -2.40. The largest absolute Gasteiger partial charge is 0.462 e. The number of aryl methyl sites for hydroxylation is 1. The summed E-state index contributed by atoms with van der Waals surface area (Å²) in [6.45, 7) is 3.64. The first kappa shape index (κ1) is 19.7. The van der Waals surface area contributed by atoms with Crippen LogP contribution < -0.4 is 4.74 Å². The van der Waals surface area contributed by atoms with Crippen LogP contribution in [0.15, 0.2) is 77.4 Å². The van der Waals surface area contributed by atoms with E-state index in [1.807, 2.05) is 66.7 Å². The van der Waals surface area contributed by atoms with E-state index in [9.17, 15) is 4.79 Å². The molecule has 6 rings (SSSR count). The van der Waals surface area contributed by atoms with Crippen molar-refractivity contribution < 1.29 is 23.5 Å². The minimum Gasteiger partial charge on any atom is -0.462 e. The van der Waals surface area contributed by atoms with Crippen LogP contribution in [-0.4, -0.2) is 22.7 Å². The van der Waals surface area contributed by atoms with E-state index in [2.05, 4.69) is 10.1 Å². The number of nitrogens with zero attached hydrogens (tertiary/aromatic N) is 2. The van der Waals surface area contributed by atoms with Crippen molar-refractivity contribution in [2.75, 3.05) is 6.61 Å². The number of carbonyl (C=O) groups is 1. The first-order chi connectivity index (χ1) is 16.1. The van der Waals surface area contributed by atoms with Gasteiger partial charge in [-0.15, -0.1) is 0 Å². The highest BCUT2D eigenvalue weighted by Gasteiger charge is 2.65. The maximum absolute atomic E-state index is 12.9. The second kappa shape index (κ2) is 7.02. The molecule has 2 aliphatic rings. The van der Waals surface area contributed by atoms with Gasteiger partial charge in [-0.2, -0.15) is 0 Å². The summed E-state index contributed by atoms with van der Waals surface area (Å²) >= 11 is 0. The molecule has 164 valence electrons. The predicted octanol–water partition coefficient (Wildman–Crippen LogP) is 4.47. The van der Waals surface area contributed by atoms with Crippen LogP contribution in [0.4, 0.5) is 0 Å². The molecule has 0 aliphatic carbocycles. The minimum atomic E-state index is -1.53. The van der Waals surface area contributed by atoms with Crippen LogP contribution in [0.5, 0.6) is 5.75 Å². The quantitative estimate of drug-likeness (QED) is 0.433. The Morgan fingerprint density at radius 2 is 1.70 bits per heavy atom. The molecule has 0 saturated carbocycles. The number of rotatable bonds is 4. The molecule has 2 bridgehead atoms. The summed E-state index contributed by atoms with van der Waals surface area (Å²) < 4.78 is 24.3. The third kappa shape index (κ3) is 2.51. The lowest BCUT2D eigenvalue weighted by atomic mass is 9.82. The number of benzene rings is 2. The fourth-order valence-corrected chi connectivity index (χ4v) is 4.84. The van der Waals surface area contributed by atoms with Gasteiger partial charge in [0.15, 0.2) is 11.3 Å². The van der Waals surface area contributed by atoms with Crippen molar-refractivity contribution in [2.45, 2.75) is 25.2 Å². The third-order valence-electron chi connectivity index (χ3n) is 6.16. The van der Waals surface area contributed by atoms with Gasteiger partial charge in [0, 0.05) is 22.9 Å². The monoisotopic (exact) mass is 440 g/mol. The molecule has 0 spiro atoms. The SMILES string of the molecule is CCOC(=O)c1c([C@]23Oc4ccccc4[C@](c4ccccn4)(O2)c2ccccc23)noc1C. The van der Waals surface area contributed by atoms with E-state index in [1.54, 1.807) is 20.0 Å². The summed E-state index contributed by atoms with van der Waals surface area (Å²) in [6.07, 6.45) is 1.73. The van der Waals surface area contributed by atoms with Gasteiger partial charge in [0.2, 0.25) is 0 Å². The lowest BCUT2D eigenvalue weighted by Crippen LogP contribution is -2.45. The van der Waals surface area contributed by atoms with Gasteiger partial charge in [-0.25, -0.2) is 4.79 Å². The Morgan fingerprint density at radius 3 is 2.45 bits per heavy atom. The maximum atomic E-state index is 12.9. The lowest BCUT2D eigenvalue weighted by molar-refractivity contribution is -0.213. The van der Waals surface area contributed by atoms with Crippen LogP contribution >= 0.6 is 0 Å². The molecule has 0 fully saturated rings. The molecule has 4 aromatic rings. The number of esters is 1. The average molecular weight is 440 g/mol. The van der Waals surface area contributed by atoms with E-state index in [0.717, 1.165) is 16.7 Å². The Hall–Kier alpha value is -3.97. The normalized spacial score (nSPS) is 22.2. The molecule has 0 radical (unpaired) electrons. The first-order valence-corrected chi connectivity index (χ1v) is 10.8. The number of ether oxygens (including phenoxy) is 3. The van der Waals surface area contributed by atoms with Gasteiger partial charge >= 0.3 is 5.97 Å². The summed E-state index contributed by atoms with van der Waals surface area (Å²) in [6, 6.07) is 21.2. The Kier molecular flexibility index (Phi) is 4.19. The Labute approximate surface area is 189 Å². The number of aromatic nitrogens is 2. The third-order valence-corrected chi connectivity index (χ3v) is 6.16. The fraction of sp³-hybridized carbons (Fsp3) is 0.192. The molecule has 0 unspecified atom stereocenters. The molecule has 2 atom stereocenters. The Balaban J connectivity index is 1.70. The summed E-state index contributed by atoms with van der Waals surface area (Å²) in [5.74, 6) is -1.13. The number of fused-ring (bicyclic) bond motifs is 7.